The summed E-state index contributed by atoms with van der Waals surface area (Å²) in [5.74, 6) is -0.486. The van der Waals surface area contributed by atoms with E-state index in [1.807, 2.05) is 24.3 Å². The van der Waals surface area contributed by atoms with Gasteiger partial charge in [-0.3, -0.25) is 0 Å². The van der Waals surface area contributed by atoms with Crippen molar-refractivity contribution in [2.24, 2.45) is 0 Å². The summed E-state index contributed by atoms with van der Waals surface area (Å²) in [5, 5.41) is 8.72. The second kappa shape index (κ2) is 6.37. The Labute approximate surface area is 99.8 Å². The number of carboxylic acid groups (broad SMARTS) is 1. The van der Waals surface area contributed by atoms with Crippen molar-refractivity contribution >= 4 is 12.0 Å². The Morgan fingerprint density at radius 3 is 2.59 bits per heavy atom. The summed E-state index contributed by atoms with van der Waals surface area (Å²) in [6.45, 7) is 0. The lowest BCUT2D eigenvalue weighted by Gasteiger charge is -2.02. The van der Waals surface area contributed by atoms with Crippen molar-refractivity contribution in [3.63, 3.8) is 0 Å². The minimum absolute atomic E-state index is 0.115. The zero-order chi connectivity index (χ0) is 12.7. The van der Waals surface area contributed by atoms with Crippen molar-refractivity contribution in [2.45, 2.75) is 0 Å². The van der Waals surface area contributed by atoms with Crippen molar-refractivity contribution in [3.05, 3.63) is 47.7 Å². The Balaban J connectivity index is 2.87. The van der Waals surface area contributed by atoms with Crippen LogP contribution < -0.4 is 4.74 Å². The van der Waals surface area contributed by atoms with Crippen LogP contribution in [0.15, 0.2) is 42.2 Å². The van der Waals surface area contributed by atoms with Gasteiger partial charge in [0.1, 0.15) is 5.75 Å². The van der Waals surface area contributed by atoms with E-state index in [0.717, 1.165) is 11.3 Å². The van der Waals surface area contributed by atoms with Crippen molar-refractivity contribution in [1.82, 2.24) is 0 Å². The molecule has 90 valence electrons. The largest absolute Gasteiger partial charge is 0.496 e. The van der Waals surface area contributed by atoms with Crippen LogP contribution in [0.2, 0.25) is 0 Å². The molecule has 1 aromatic rings. The van der Waals surface area contributed by atoms with Gasteiger partial charge >= 0.3 is 5.97 Å². The zero-order valence-corrected chi connectivity index (χ0v) is 9.71. The van der Waals surface area contributed by atoms with Crippen molar-refractivity contribution in [2.75, 3.05) is 14.2 Å². The number of hydrogen-bond acceptors (Lipinski definition) is 3. The summed E-state index contributed by atoms with van der Waals surface area (Å²) >= 11 is 0. The minimum Gasteiger partial charge on any atom is -0.496 e. The van der Waals surface area contributed by atoms with E-state index in [1.165, 1.54) is 13.2 Å². The number of aliphatic carboxylic acids is 1. The zero-order valence-electron chi connectivity index (χ0n) is 9.71. The van der Waals surface area contributed by atoms with Gasteiger partial charge in [-0.2, -0.15) is 0 Å². The van der Waals surface area contributed by atoms with E-state index in [2.05, 4.69) is 4.74 Å². The quantitative estimate of drug-likeness (QED) is 0.482. The molecule has 0 spiro atoms. The molecule has 0 aromatic heterocycles. The Kier molecular flexibility index (Phi) is 4.81. The molecule has 0 bridgehead atoms. The second-order valence-corrected chi connectivity index (χ2v) is 3.14. The number of carbonyl (C=O) groups is 1. The number of allylic oxidation sites excluding steroid dienone is 2. The third-order valence-corrected chi connectivity index (χ3v) is 2.09. The lowest BCUT2D eigenvalue weighted by Crippen LogP contribution is -2.01. The number of methoxy groups -OCH3 is 2. The minimum atomic E-state index is -1.10. The van der Waals surface area contributed by atoms with Crippen LogP contribution in [0.5, 0.6) is 5.75 Å². The molecule has 1 N–H and O–H groups in total. The Bertz CT molecular complexity index is 446. The van der Waals surface area contributed by atoms with Crippen LogP contribution in [0.3, 0.4) is 0 Å². The van der Waals surface area contributed by atoms with Gasteiger partial charge in [-0.25, -0.2) is 4.79 Å². The molecule has 0 aliphatic heterocycles. The van der Waals surface area contributed by atoms with E-state index in [1.54, 1.807) is 19.3 Å². The molecule has 0 saturated heterocycles. The summed E-state index contributed by atoms with van der Waals surface area (Å²) in [5.41, 5.74) is 0.868. The molecule has 4 heteroatoms. The standard InChI is InChI=1S/C13H14O4/c1-16-11-8-4-3-6-10(11)7-5-9-12(17-2)13(14)15/h3-9H,1-2H3,(H,14,15)/b7-5+,12-9+. The maximum atomic E-state index is 10.6. The highest BCUT2D eigenvalue weighted by Crippen LogP contribution is 2.18. The maximum absolute atomic E-state index is 10.6. The van der Waals surface area contributed by atoms with Gasteiger partial charge in [0.25, 0.3) is 0 Å². The monoisotopic (exact) mass is 234 g/mol. The first-order chi connectivity index (χ1) is 8.19. The normalized spacial score (nSPS) is 11.5. The summed E-state index contributed by atoms with van der Waals surface area (Å²) in [6.07, 6.45) is 4.74. The third kappa shape index (κ3) is 3.68. The third-order valence-electron chi connectivity index (χ3n) is 2.09. The number of ether oxygens (including phenoxy) is 2. The van der Waals surface area contributed by atoms with Gasteiger partial charge in [0.2, 0.25) is 5.76 Å². The van der Waals surface area contributed by atoms with Gasteiger partial charge in [0.15, 0.2) is 0 Å². The molecular formula is C13H14O4. The van der Waals surface area contributed by atoms with Gasteiger partial charge in [-0.1, -0.05) is 30.4 Å². The van der Waals surface area contributed by atoms with Crippen LogP contribution in [0, 0.1) is 0 Å². The van der Waals surface area contributed by atoms with Crippen LogP contribution in [0.1, 0.15) is 5.56 Å². The summed E-state index contributed by atoms with van der Waals surface area (Å²) in [4.78, 5) is 10.6. The van der Waals surface area contributed by atoms with Crippen LogP contribution in [-0.4, -0.2) is 25.3 Å². The van der Waals surface area contributed by atoms with Crippen LogP contribution in [0.25, 0.3) is 6.08 Å². The topological polar surface area (TPSA) is 55.8 Å². The molecule has 0 fully saturated rings. The molecule has 0 saturated carbocycles. The first kappa shape index (κ1) is 12.8. The SMILES string of the molecule is CO/C(=C/C=C/c1ccccc1OC)C(=O)O. The Morgan fingerprint density at radius 2 is 2.00 bits per heavy atom. The van der Waals surface area contributed by atoms with Gasteiger partial charge < -0.3 is 14.6 Å². The maximum Gasteiger partial charge on any atom is 0.371 e. The van der Waals surface area contributed by atoms with Crippen LogP contribution in [-0.2, 0) is 9.53 Å². The van der Waals surface area contributed by atoms with E-state index in [0.29, 0.717) is 0 Å². The van der Waals surface area contributed by atoms with Crippen molar-refractivity contribution in [3.8, 4) is 5.75 Å². The molecule has 1 aromatic carbocycles. The Morgan fingerprint density at radius 1 is 1.29 bits per heavy atom. The van der Waals surface area contributed by atoms with Crippen LogP contribution in [0.4, 0.5) is 0 Å². The highest BCUT2D eigenvalue weighted by molar-refractivity contribution is 5.84. The lowest BCUT2D eigenvalue weighted by molar-refractivity contribution is -0.136. The number of carboxylic acids is 1. The Hall–Kier alpha value is -2.23. The number of rotatable bonds is 5. The van der Waals surface area contributed by atoms with E-state index in [4.69, 9.17) is 9.84 Å². The van der Waals surface area contributed by atoms with E-state index in [-0.39, 0.29) is 5.76 Å². The highest BCUT2D eigenvalue weighted by Gasteiger charge is 2.03. The molecule has 17 heavy (non-hydrogen) atoms. The lowest BCUT2D eigenvalue weighted by atomic mass is 10.2. The van der Waals surface area contributed by atoms with Gasteiger partial charge in [-0.15, -0.1) is 0 Å². The molecule has 1 rings (SSSR count). The second-order valence-electron chi connectivity index (χ2n) is 3.14. The molecule has 4 nitrogen and oxygen atoms in total. The smallest absolute Gasteiger partial charge is 0.371 e. The molecule has 0 radical (unpaired) electrons. The van der Waals surface area contributed by atoms with Crippen molar-refractivity contribution in [1.29, 1.82) is 0 Å². The number of hydrogen-bond donors (Lipinski definition) is 1. The summed E-state index contributed by atoms with van der Waals surface area (Å²) in [6, 6.07) is 7.44. The number of benzene rings is 1. The molecule has 0 aliphatic rings. The predicted octanol–water partition coefficient (Wildman–Crippen LogP) is 2.32. The van der Waals surface area contributed by atoms with Crippen LogP contribution >= 0.6 is 0 Å². The van der Waals surface area contributed by atoms with E-state index >= 15 is 0 Å². The molecule has 0 amide bonds. The fourth-order valence-electron chi connectivity index (χ4n) is 1.27. The molecule has 0 unspecified atom stereocenters. The fourth-order valence-corrected chi connectivity index (χ4v) is 1.27. The fraction of sp³-hybridized carbons (Fsp3) is 0.154. The average Bonchev–Trinajstić information content (AvgIpc) is 2.34. The first-order valence-corrected chi connectivity index (χ1v) is 4.97. The molecule has 0 aliphatic carbocycles. The van der Waals surface area contributed by atoms with Gasteiger partial charge in [0, 0.05) is 5.56 Å². The van der Waals surface area contributed by atoms with E-state index in [9.17, 15) is 4.79 Å². The van der Waals surface area contributed by atoms with E-state index < -0.39 is 5.97 Å². The molecule has 0 atom stereocenters. The van der Waals surface area contributed by atoms with Gasteiger partial charge in [0.05, 0.1) is 14.2 Å². The predicted molar refractivity (Wildman–Crippen MR) is 64.8 cm³/mol. The highest BCUT2D eigenvalue weighted by atomic mass is 16.5. The summed E-state index contributed by atoms with van der Waals surface area (Å²) < 4.78 is 9.84. The van der Waals surface area contributed by atoms with Gasteiger partial charge in [-0.05, 0) is 12.1 Å². The average molecular weight is 234 g/mol. The first-order valence-electron chi connectivity index (χ1n) is 4.97. The number of para-hydroxylation sites is 1. The van der Waals surface area contributed by atoms with Crippen molar-refractivity contribution < 1.29 is 19.4 Å². The molecular weight excluding hydrogens is 220 g/mol. The molecule has 0 heterocycles. The summed E-state index contributed by atoms with van der Waals surface area (Å²) in [7, 11) is 2.90.